The minimum Gasteiger partial charge on any atom is -0.324 e. The van der Waals surface area contributed by atoms with Crippen LogP contribution in [0.1, 0.15) is 12.5 Å². The van der Waals surface area contributed by atoms with E-state index in [9.17, 15) is 9.59 Å². The predicted octanol–water partition coefficient (Wildman–Crippen LogP) is 3.71. The summed E-state index contributed by atoms with van der Waals surface area (Å²) in [5.74, 6) is -0.0352. The number of fused-ring (bicyclic) bond motifs is 4. The Hall–Kier alpha value is -3.67. The molecular weight excluding hydrogens is 340 g/mol. The molecule has 1 aromatic heterocycles. The summed E-state index contributed by atoms with van der Waals surface area (Å²) in [6.07, 6.45) is 0.0734. The van der Waals surface area contributed by atoms with Gasteiger partial charge < -0.3 is 5.32 Å². The van der Waals surface area contributed by atoms with Crippen LogP contribution in [0.15, 0.2) is 66.7 Å². The Bertz CT molecular complexity index is 1210. The highest BCUT2D eigenvalue weighted by atomic mass is 16.2. The van der Waals surface area contributed by atoms with Gasteiger partial charge in [-0.25, -0.2) is 4.98 Å². The van der Waals surface area contributed by atoms with Crippen LogP contribution >= 0.6 is 0 Å². The van der Waals surface area contributed by atoms with Gasteiger partial charge in [-0.3, -0.25) is 19.5 Å². The summed E-state index contributed by atoms with van der Waals surface area (Å²) >= 11 is 0. The lowest BCUT2D eigenvalue weighted by Gasteiger charge is -2.25. The van der Waals surface area contributed by atoms with E-state index < -0.39 is 6.04 Å². The van der Waals surface area contributed by atoms with Gasteiger partial charge in [0.1, 0.15) is 6.04 Å². The van der Waals surface area contributed by atoms with Crippen molar-refractivity contribution in [3.63, 3.8) is 0 Å². The fourth-order valence-corrected chi connectivity index (χ4v) is 3.65. The minimum absolute atomic E-state index is 0.0734. The van der Waals surface area contributed by atoms with E-state index in [2.05, 4.69) is 15.6 Å². The molecule has 2 amide bonds. The maximum absolute atomic E-state index is 13.1. The molecule has 0 spiro atoms. The molecule has 0 aliphatic carbocycles. The molecule has 1 aliphatic rings. The monoisotopic (exact) mass is 356 g/mol. The van der Waals surface area contributed by atoms with Crippen molar-refractivity contribution >= 4 is 45.3 Å². The smallest absolute Gasteiger partial charge is 0.248 e. The molecule has 0 saturated heterocycles. The molecule has 6 nitrogen and oxygen atoms in total. The lowest BCUT2D eigenvalue weighted by atomic mass is 10.1. The number of rotatable bonds is 2. The number of amides is 2. The molecule has 2 heterocycles. The van der Waals surface area contributed by atoms with E-state index in [0.29, 0.717) is 5.95 Å². The average Bonchev–Trinajstić information content (AvgIpc) is 3.05. The molecular formula is C21H16N4O2. The number of benzene rings is 3. The molecule has 0 fully saturated rings. The van der Waals surface area contributed by atoms with E-state index in [4.69, 9.17) is 0 Å². The highest BCUT2D eigenvalue weighted by Gasteiger charge is 2.33. The van der Waals surface area contributed by atoms with Crippen LogP contribution in [0.5, 0.6) is 0 Å². The van der Waals surface area contributed by atoms with Crippen molar-refractivity contribution < 1.29 is 9.59 Å². The van der Waals surface area contributed by atoms with E-state index in [-0.39, 0.29) is 18.2 Å². The van der Waals surface area contributed by atoms with Crippen LogP contribution in [-0.4, -0.2) is 21.4 Å². The molecule has 132 valence electrons. The second-order valence-electron chi connectivity index (χ2n) is 6.58. The number of imidazole rings is 1. The van der Waals surface area contributed by atoms with Gasteiger partial charge in [-0.1, -0.05) is 48.5 Å². The molecule has 0 radical (unpaired) electrons. The Morgan fingerprint density at radius 3 is 2.74 bits per heavy atom. The maximum Gasteiger partial charge on any atom is 0.248 e. The van der Waals surface area contributed by atoms with Gasteiger partial charge in [0.05, 0.1) is 17.5 Å². The third kappa shape index (κ3) is 2.54. The number of aromatic nitrogens is 2. The van der Waals surface area contributed by atoms with E-state index in [1.165, 1.54) is 0 Å². The highest BCUT2D eigenvalue weighted by molar-refractivity contribution is 6.06. The summed E-state index contributed by atoms with van der Waals surface area (Å²) in [6, 6.07) is 20.5. The second-order valence-corrected chi connectivity index (χ2v) is 6.58. The third-order valence-corrected chi connectivity index (χ3v) is 4.89. The quantitative estimate of drug-likeness (QED) is 0.575. The van der Waals surface area contributed by atoms with Crippen LogP contribution in [0.3, 0.4) is 0 Å². The first-order chi connectivity index (χ1) is 13.2. The molecule has 27 heavy (non-hydrogen) atoms. The number of hydrogen-bond donors (Lipinski definition) is 2. The molecule has 3 aromatic carbocycles. The maximum atomic E-state index is 13.1. The van der Waals surface area contributed by atoms with Gasteiger partial charge in [-0.2, -0.15) is 0 Å². The van der Waals surface area contributed by atoms with E-state index >= 15 is 0 Å². The molecule has 4 aromatic rings. The van der Waals surface area contributed by atoms with Crippen LogP contribution in [0, 0.1) is 0 Å². The van der Waals surface area contributed by atoms with Crippen LogP contribution < -0.4 is 10.6 Å². The molecule has 1 unspecified atom stereocenters. The number of anilines is 2. The van der Waals surface area contributed by atoms with E-state index in [0.717, 1.165) is 27.5 Å². The summed E-state index contributed by atoms with van der Waals surface area (Å²) in [7, 11) is 0. The minimum atomic E-state index is -0.653. The molecule has 6 heteroatoms. The zero-order valence-corrected chi connectivity index (χ0v) is 14.3. The number of nitrogens with one attached hydrogen (secondary N) is 2. The summed E-state index contributed by atoms with van der Waals surface area (Å²) in [4.78, 5) is 29.7. The van der Waals surface area contributed by atoms with Gasteiger partial charge in [0.25, 0.3) is 0 Å². The Kier molecular flexibility index (Phi) is 3.43. The number of carbonyl (C=O) groups is 2. The van der Waals surface area contributed by atoms with E-state index in [1.807, 2.05) is 66.7 Å². The van der Waals surface area contributed by atoms with Crippen molar-refractivity contribution in [2.45, 2.75) is 12.5 Å². The standard InChI is InChI=1S/C21H16N4O2/c26-19-12-18(25-17-11-4-3-9-16(17)23-21(25)24-19)20(27)22-15-10-5-7-13-6-1-2-8-14(13)15/h1-11,18H,12H2,(H,22,27)(H,23,24,26). The fourth-order valence-electron chi connectivity index (χ4n) is 3.65. The Morgan fingerprint density at radius 1 is 1.04 bits per heavy atom. The fraction of sp³-hybridized carbons (Fsp3) is 0.0952. The predicted molar refractivity (Wildman–Crippen MR) is 105 cm³/mol. The molecule has 5 rings (SSSR count). The van der Waals surface area contributed by atoms with Gasteiger partial charge in [0.15, 0.2) is 0 Å². The van der Waals surface area contributed by atoms with Crippen LogP contribution in [0.4, 0.5) is 11.6 Å². The summed E-state index contributed by atoms with van der Waals surface area (Å²) < 4.78 is 1.80. The lowest BCUT2D eigenvalue weighted by molar-refractivity contribution is -0.124. The first-order valence-corrected chi connectivity index (χ1v) is 8.76. The number of para-hydroxylation sites is 2. The molecule has 0 bridgehead atoms. The first kappa shape index (κ1) is 15.6. The third-order valence-electron chi connectivity index (χ3n) is 4.89. The number of hydrogen-bond acceptors (Lipinski definition) is 3. The van der Waals surface area contributed by atoms with Crippen molar-refractivity contribution in [2.24, 2.45) is 0 Å². The van der Waals surface area contributed by atoms with Crippen molar-refractivity contribution in [1.29, 1.82) is 0 Å². The van der Waals surface area contributed by atoms with E-state index in [1.54, 1.807) is 4.57 Å². The number of nitrogens with zero attached hydrogens (tertiary/aromatic N) is 2. The van der Waals surface area contributed by atoms with Crippen molar-refractivity contribution in [2.75, 3.05) is 10.6 Å². The first-order valence-electron chi connectivity index (χ1n) is 8.76. The van der Waals surface area contributed by atoms with Crippen LogP contribution in [-0.2, 0) is 9.59 Å². The summed E-state index contributed by atoms with van der Waals surface area (Å²) in [5, 5.41) is 7.77. The van der Waals surface area contributed by atoms with Crippen molar-refractivity contribution in [1.82, 2.24) is 9.55 Å². The van der Waals surface area contributed by atoms with Gasteiger partial charge in [0.2, 0.25) is 17.8 Å². The summed E-state index contributed by atoms with van der Waals surface area (Å²) in [6.45, 7) is 0. The van der Waals surface area contributed by atoms with Crippen molar-refractivity contribution in [3.8, 4) is 0 Å². The normalized spacial score (nSPS) is 16.1. The van der Waals surface area contributed by atoms with Crippen LogP contribution in [0.25, 0.3) is 21.8 Å². The zero-order chi connectivity index (χ0) is 18.4. The van der Waals surface area contributed by atoms with Gasteiger partial charge in [0, 0.05) is 11.1 Å². The molecule has 1 aliphatic heterocycles. The Morgan fingerprint density at radius 2 is 1.81 bits per heavy atom. The Labute approximate surface area is 154 Å². The van der Waals surface area contributed by atoms with Gasteiger partial charge in [-0.05, 0) is 23.6 Å². The molecule has 2 N–H and O–H groups in total. The average molecular weight is 356 g/mol. The van der Waals surface area contributed by atoms with Crippen molar-refractivity contribution in [3.05, 3.63) is 66.7 Å². The van der Waals surface area contributed by atoms with Gasteiger partial charge >= 0.3 is 0 Å². The molecule has 1 atom stereocenters. The second kappa shape index (κ2) is 5.95. The Balaban J connectivity index is 1.57. The lowest BCUT2D eigenvalue weighted by Crippen LogP contribution is -2.35. The molecule has 0 saturated carbocycles. The SMILES string of the molecule is O=C1CC(C(=O)Nc2cccc3ccccc23)n2c(nc3ccccc32)N1. The topological polar surface area (TPSA) is 76.0 Å². The zero-order valence-electron chi connectivity index (χ0n) is 14.3. The summed E-state index contributed by atoms with van der Waals surface area (Å²) in [5.41, 5.74) is 2.30. The van der Waals surface area contributed by atoms with Gasteiger partial charge in [-0.15, -0.1) is 0 Å². The highest BCUT2D eigenvalue weighted by Crippen LogP contribution is 2.32. The van der Waals surface area contributed by atoms with Crippen LogP contribution in [0.2, 0.25) is 0 Å². The largest absolute Gasteiger partial charge is 0.324 e. The number of carbonyl (C=O) groups excluding carboxylic acids is 2.